The Morgan fingerprint density at radius 2 is 2.00 bits per heavy atom. The highest BCUT2D eigenvalue weighted by Crippen LogP contribution is 2.22. The Kier molecular flexibility index (Phi) is 4.84. The minimum atomic E-state index is -0.277. The lowest BCUT2D eigenvalue weighted by Crippen LogP contribution is -2.46. The standard InChI is InChI=1S/C15H22N2O3/c1-11(15(20)17-7-3-2-4-8-17)16-10-12-5-6-13(18)9-14(12)19/h5-6,9,11,16,18-19H,2-4,7-8,10H2,1H3. The Balaban J connectivity index is 1.87. The Morgan fingerprint density at radius 1 is 1.30 bits per heavy atom. The lowest BCUT2D eigenvalue weighted by atomic mass is 10.1. The molecule has 1 aliphatic rings. The SMILES string of the molecule is CC(NCc1ccc(O)cc1O)C(=O)N1CCCCC1. The summed E-state index contributed by atoms with van der Waals surface area (Å²) in [5.74, 6) is 0.182. The van der Waals surface area contributed by atoms with Crippen LogP contribution in [0.5, 0.6) is 11.5 Å². The fourth-order valence-corrected chi connectivity index (χ4v) is 2.44. The summed E-state index contributed by atoms with van der Waals surface area (Å²) in [7, 11) is 0. The smallest absolute Gasteiger partial charge is 0.239 e. The van der Waals surface area contributed by atoms with Gasteiger partial charge in [0.25, 0.3) is 0 Å². The molecule has 1 aromatic rings. The molecule has 1 atom stereocenters. The molecular weight excluding hydrogens is 256 g/mol. The van der Waals surface area contributed by atoms with Crippen molar-refractivity contribution in [3.8, 4) is 11.5 Å². The van der Waals surface area contributed by atoms with Gasteiger partial charge in [0.05, 0.1) is 6.04 Å². The molecule has 0 spiro atoms. The molecule has 1 heterocycles. The van der Waals surface area contributed by atoms with E-state index in [2.05, 4.69) is 5.32 Å². The number of phenolic OH excluding ortho intramolecular Hbond substituents is 2. The zero-order valence-corrected chi connectivity index (χ0v) is 11.8. The van der Waals surface area contributed by atoms with Gasteiger partial charge in [-0.1, -0.05) is 6.07 Å². The van der Waals surface area contributed by atoms with Crippen molar-refractivity contribution in [2.24, 2.45) is 0 Å². The van der Waals surface area contributed by atoms with Crippen LogP contribution < -0.4 is 5.32 Å². The number of hydrogen-bond donors (Lipinski definition) is 3. The number of likely N-dealkylation sites (tertiary alicyclic amines) is 1. The molecule has 5 nitrogen and oxygen atoms in total. The molecule has 2 rings (SSSR count). The van der Waals surface area contributed by atoms with Gasteiger partial charge in [-0.3, -0.25) is 4.79 Å². The van der Waals surface area contributed by atoms with E-state index in [0.717, 1.165) is 25.9 Å². The number of aromatic hydroxyl groups is 2. The van der Waals surface area contributed by atoms with Crippen LogP contribution in [0.3, 0.4) is 0 Å². The largest absolute Gasteiger partial charge is 0.508 e. The summed E-state index contributed by atoms with van der Waals surface area (Å²) in [6.07, 6.45) is 3.36. The van der Waals surface area contributed by atoms with Crippen molar-refractivity contribution in [1.82, 2.24) is 10.2 Å². The average Bonchev–Trinajstić information content (AvgIpc) is 2.46. The van der Waals surface area contributed by atoms with Gasteiger partial charge in [-0.25, -0.2) is 0 Å². The maximum atomic E-state index is 12.2. The number of benzene rings is 1. The topological polar surface area (TPSA) is 72.8 Å². The summed E-state index contributed by atoms with van der Waals surface area (Å²) in [6, 6.07) is 4.19. The van der Waals surface area contributed by atoms with Crippen molar-refractivity contribution in [1.29, 1.82) is 0 Å². The first-order valence-corrected chi connectivity index (χ1v) is 7.11. The Hall–Kier alpha value is -1.75. The summed E-state index contributed by atoms with van der Waals surface area (Å²) in [4.78, 5) is 14.1. The highest BCUT2D eigenvalue weighted by atomic mass is 16.3. The number of nitrogens with zero attached hydrogens (tertiary/aromatic N) is 1. The van der Waals surface area contributed by atoms with Crippen LogP contribution in [0.25, 0.3) is 0 Å². The predicted molar refractivity (Wildman–Crippen MR) is 76.5 cm³/mol. The zero-order valence-electron chi connectivity index (χ0n) is 11.8. The minimum Gasteiger partial charge on any atom is -0.508 e. The minimum absolute atomic E-state index is 0.0312. The van der Waals surface area contributed by atoms with Crippen LogP contribution in [-0.2, 0) is 11.3 Å². The van der Waals surface area contributed by atoms with Crippen molar-refractivity contribution in [2.75, 3.05) is 13.1 Å². The molecule has 1 unspecified atom stereocenters. The maximum absolute atomic E-state index is 12.2. The second kappa shape index (κ2) is 6.61. The average molecular weight is 278 g/mol. The predicted octanol–water partition coefficient (Wildman–Crippen LogP) is 1.59. The van der Waals surface area contributed by atoms with Crippen LogP contribution >= 0.6 is 0 Å². The fourth-order valence-electron chi connectivity index (χ4n) is 2.44. The normalized spacial score (nSPS) is 16.9. The lowest BCUT2D eigenvalue weighted by Gasteiger charge is -2.29. The molecule has 1 saturated heterocycles. The number of carbonyl (C=O) groups is 1. The van der Waals surface area contributed by atoms with Gasteiger partial charge in [0.2, 0.25) is 5.91 Å². The van der Waals surface area contributed by atoms with E-state index in [1.54, 1.807) is 6.07 Å². The molecule has 0 saturated carbocycles. The summed E-state index contributed by atoms with van der Waals surface area (Å²) in [5.41, 5.74) is 0.668. The van der Waals surface area contributed by atoms with Crippen molar-refractivity contribution in [2.45, 2.75) is 38.8 Å². The number of rotatable bonds is 4. The van der Waals surface area contributed by atoms with E-state index in [-0.39, 0.29) is 23.4 Å². The number of nitrogens with one attached hydrogen (secondary N) is 1. The van der Waals surface area contributed by atoms with Gasteiger partial charge in [0, 0.05) is 31.3 Å². The highest BCUT2D eigenvalue weighted by molar-refractivity contribution is 5.81. The molecule has 1 amide bonds. The van der Waals surface area contributed by atoms with E-state index in [1.165, 1.54) is 18.6 Å². The third-order valence-electron chi connectivity index (χ3n) is 3.71. The quantitative estimate of drug-likeness (QED) is 0.782. The van der Waals surface area contributed by atoms with Gasteiger partial charge in [-0.05, 0) is 32.3 Å². The van der Waals surface area contributed by atoms with Crippen LogP contribution in [-0.4, -0.2) is 40.2 Å². The second-order valence-corrected chi connectivity index (χ2v) is 5.30. The molecule has 110 valence electrons. The fraction of sp³-hybridized carbons (Fsp3) is 0.533. The first kappa shape index (κ1) is 14.7. The van der Waals surface area contributed by atoms with E-state index in [4.69, 9.17) is 0 Å². The summed E-state index contributed by atoms with van der Waals surface area (Å²) in [6.45, 7) is 3.92. The van der Waals surface area contributed by atoms with E-state index in [1.807, 2.05) is 11.8 Å². The van der Waals surface area contributed by atoms with Gasteiger partial charge in [-0.15, -0.1) is 0 Å². The molecule has 20 heavy (non-hydrogen) atoms. The third-order valence-corrected chi connectivity index (χ3v) is 3.71. The molecule has 0 aliphatic carbocycles. The van der Waals surface area contributed by atoms with Gasteiger partial charge < -0.3 is 20.4 Å². The number of piperidine rings is 1. The summed E-state index contributed by atoms with van der Waals surface area (Å²) >= 11 is 0. The van der Waals surface area contributed by atoms with Gasteiger partial charge in [0.15, 0.2) is 0 Å². The van der Waals surface area contributed by atoms with Crippen LogP contribution in [0.1, 0.15) is 31.7 Å². The monoisotopic (exact) mass is 278 g/mol. The Morgan fingerprint density at radius 3 is 2.65 bits per heavy atom. The first-order valence-electron chi connectivity index (χ1n) is 7.11. The number of phenols is 2. The molecule has 1 aromatic carbocycles. The third kappa shape index (κ3) is 3.63. The van der Waals surface area contributed by atoms with Crippen molar-refractivity contribution in [3.63, 3.8) is 0 Å². The van der Waals surface area contributed by atoms with Gasteiger partial charge in [0.1, 0.15) is 11.5 Å². The maximum Gasteiger partial charge on any atom is 0.239 e. The summed E-state index contributed by atoms with van der Waals surface area (Å²) in [5, 5.41) is 22.1. The molecule has 3 N–H and O–H groups in total. The lowest BCUT2D eigenvalue weighted by molar-refractivity contribution is -0.133. The molecule has 0 radical (unpaired) electrons. The summed E-state index contributed by atoms with van der Waals surface area (Å²) < 4.78 is 0. The van der Waals surface area contributed by atoms with Crippen molar-refractivity contribution in [3.05, 3.63) is 23.8 Å². The van der Waals surface area contributed by atoms with E-state index in [9.17, 15) is 15.0 Å². The van der Waals surface area contributed by atoms with Crippen LogP contribution in [0.4, 0.5) is 0 Å². The molecule has 0 bridgehead atoms. The van der Waals surface area contributed by atoms with Crippen LogP contribution in [0.2, 0.25) is 0 Å². The van der Waals surface area contributed by atoms with Crippen LogP contribution in [0, 0.1) is 0 Å². The highest BCUT2D eigenvalue weighted by Gasteiger charge is 2.21. The van der Waals surface area contributed by atoms with Crippen molar-refractivity contribution < 1.29 is 15.0 Å². The second-order valence-electron chi connectivity index (χ2n) is 5.30. The molecule has 0 aromatic heterocycles. The Labute approximate surface area is 119 Å². The van der Waals surface area contributed by atoms with Gasteiger partial charge >= 0.3 is 0 Å². The van der Waals surface area contributed by atoms with Crippen LogP contribution in [0.15, 0.2) is 18.2 Å². The van der Waals surface area contributed by atoms with E-state index in [0.29, 0.717) is 12.1 Å². The number of amides is 1. The van der Waals surface area contributed by atoms with E-state index < -0.39 is 0 Å². The molecular formula is C15H22N2O3. The molecule has 1 fully saturated rings. The van der Waals surface area contributed by atoms with Crippen molar-refractivity contribution >= 4 is 5.91 Å². The zero-order chi connectivity index (χ0) is 14.5. The Bertz CT molecular complexity index is 470. The molecule has 1 aliphatic heterocycles. The first-order chi connectivity index (χ1) is 9.58. The van der Waals surface area contributed by atoms with E-state index >= 15 is 0 Å². The molecule has 5 heteroatoms. The van der Waals surface area contributed by atoms with Gasteiger partial charge in [-0.2, -0.15) is 0 Å². The number of hydrogen-bond acceptors (Lipinski definition) is 4. The number of carbonyl (C=O) groups excluding carboxylic acids is 1.